The summed E-state index contributed by atoms with van der Waals surface area (Å²) in [4.78, 5) is 11.9. The minimum Gasteiger partial charge on any atom is -0.355 e. The number of benzene rings is 3. The molecule has 3 heteroatoms. The first-order chi connectivity index (χ1) is 12.7. The zero-order valence-corrected chi connectivity index (χ0v) is 15.1. The Balaban J connectivity index is 1.82. The van der Waals surface area contributed by atoms with Crippen molar-refractivity contribution < 1.29 is 0 Å². The zero-order valence-electron chi connectivity index (χ0n) is 15.1. The van der Waals surface area contributed by atoms with Crippen LogP contribution in [0, 0.1) is 6.92 Å². The molecule has 0 unspecified atom stereocenters. The number of hydrogen-bond acceptors (Lipinski definition) is 3. The molecule has 0 spiro atoms. The number of aromatic nitrogens is 2. The lowest BCUT2D eigenvalue weighted by atomic mass is 10.1. The SMILES string of the molecule is Cc1cccc(-c2nc(N(C)Cc3ccccc3)c3ccccc3n2)c1. The van der Waals surface area contributed by atoms with Crippen molar-refractivity contribution in [3.05, 3.63) is 90.0 Å². The van der Waals surface area contributed by atoms with E-state index in [1.807, 2.05) is 18.2 Å². The molecule has 3 aromatic carbocycles. The summed E-state index contributed by atoms with van der Waals surface area (Å²) < 4.78 is 0. The number of aryl methyl sites for hydroxylation is 1. The lowest BCUT2D eigenvalue weighted by Gasteiger charge is -2.21. The molecule has 0 aliphatic heterocycles. The van der Waals surface area contributed by atoms with Crippen LogP contribution >= 0.6 is 0 Å². The van der Waals surface area contributed by atoms with Crippen LogP contribution in [0.5, 0.6) is 0 Å². The number of anilines is 1. The summed E-state index contributed by atoms with van der Waals surface area (Å²) >= 11 is 0. The minimum atomic E-state index is 0.766. The van der Waals surface area contributed by atoms with Gasteiger partial charge >= 0.3 is 0 Å². The van der Waals surface area contributed by atoms with E-state index in [0.717, 1.165) is 34.7 Å². The molecule has 0 saturated carbocycles. The van der Waals surface area contributed by atoms with Gasteiger partial charge in [-0.15, -0.1) is 0 Å². The molecule has 4 rings (SSSR count). The van der Waals surface area contributed by atoms with E-state index in [4.69, 9.17) is 9.97 Å². The molecule has 0 bridgehead atoms. The number of para-hydroxylation sites is 1. The van der Waals surface area contributed by atoms with Gasteiger partial charge < -0.3 is 4.90 Å². The van der Waals surface area contributed by atoms with Crippen LogP contribution in [0.4, 0.5) is 5.82 Å². The van der Waals surface area contributed by atoms with Gasteiger partial charge in [0.1, 0.15) is 5.82 Å². The van der Waals surface area contributed by atoms with Crippen molar-refractivity contribution in [3.63, 3.8) is 0 Å². The molecule has 0 aliphatic rings. The third-order valence-electron chi connectivity index (χ3n) is 4.48. The van der Waals surface area contributed by atoms with Gasteiger partial charge in [-0.1, -0.05) is 66.2 Å². The Kier molecular flexibility index (Phi) is 4.36. The van der Waals surface area contributed by atoms with Crippen molar-refractivity contribution >= 4 is 16.7 Å². The summed E-state index contributed by atoms with van der Waals surface area (Å²) in [6.07, 6.45) is 0. The highest BCUT2D eigenvalue weighted by atomic mass is 15.2. The monoisotopic (exact) mass is 339 g/mol. The fourth-order valence-electron chi connectivity index (χ4n) is 3.20. The largest absolute Gasteiger partial charge is 0.355 e. The minimum absolute atomic E-state index is 0.766. The Bertz CT molecular complexity index is 1040. The lowest BCUT2D eigenvalue weighted by Crippen LogP contribution is -2.18. The number of rotatable bonds is 4. The third-order valence-corrected chi connectivity index (χ3v) is 4.48. The molecule has 3 nitrogen and oxygen atoms in total. The topological polar surface area (TPSA) is 29.0 Å². The first-order valence-corrected chi connectivity index (χ1v) is 8.79. The number of nitrogens with zero attached hydrogens (tertiary/aromatic N) is 3. The quantitative estimate of drug-likeness (QED) is 0.509. The van der Waals surface area contributed by atoms with Gasteiger partial charge in [0.2, 0.25) is 0 Å². The molecule has 1 heterocycles. The highest BCUT2D eigenvalue weighted by Gasteiger charge is 2.13. The van der Waals surface area contributed by atoms with Gasteiger partial charge in [-0.3, -0.25) is 0 Å². The summed E-state index contributed by atoms with van der Waals surface area (Å²) in [6, 6.07) is 27.0. The highest BCUT2D eigenvalue weighted by Crippen LogP contribution is 2.28. The van der Waals surface area contributed by atoms with E-state index in [-0.39, 0.29) is 0 Å². The van der Waals surface area contributed by atoms with Crippen LogP contribution < -0.4 is 4.90 Å². The summed E-state index contributed by atoms with van der Waals surface area (Å²) in [7, 11) is 2.09. The van der Waals surface area contributed by atoms with Gasteiger partial charge in [0, 0.05) is 24.5 Å². The Hall–Kier alpha value is -3.20. The maximum atomic E-state index is 4.92. The maximum absolute atomic E-state index is 4.92. The van der Waals surface area contributed by atoms with Gasteiger partial charge in [-0.05, 0) is 30.7 Å². The van der Waals surface area contributed by atoms with E-state index in [2.05, 4.69) is 79.5 Å². The van der Waals surface area contributed by atoms with E-state index < -0.39 is 0 Å². The van der Waals surface area contributed by atoms with Crippen LogP contribution in [-0.4, -0.2) is 17.0 Å². The number of fused-ring (bicyclic) bond motifs is 1. The second-order valence-corrected chi connectivity index (χ2v) is 6.60. The molecule has 4 aromatic rings. The summed E-state index contributed by atoms with van der Waals surface area (Å²) in [5.41, 5.74) is 4.48. The van der Waals surface area contributed by atoms with Crippen molar-refractivity contribution in [2.24, 2.45) is 0 Å². The second-order valence-electron chi connectivity index (χ2n) is 6.60. The molecule has 0 atom stereocenters. The van der Waals surface area contributed by atoms with E-state index in [1.54, 1.807) is 0 Å². The van der Waals surface area contributed by atoms with Gasteiger partial charge in [-0.2, -0.15) is 0 Å². The first-order valence-electron chi connectivity index (χ1n) is 8.79. The van der Waals surface area contributed by atoms with Crippen LogP contribution in [0.15, 0.2) is 78.9 Å². The van der Waals surface area contributed by atoms with Gasteiger partial charge in [-0.25, -0.2) is 9.97 Å². The fourth-order valence-corrected chi connectivity index (χ4v) is 3.20. The van der Waals surface area contributed by atoms with Crippen molar-refractivity contribution in [3.8, 4) is 11.4 Å². The van der Waals surface area contributed by atoms with Gasteiger partial charge in [0.15, 0.2) is 5.82 Å². The fraction of sp³-hybridized carbons (Fsp3) is 0.130. The molecule has 1 aromatic heterocycles. The smallest absolute Gasteiger partial charge is 0.162 e. The van der Waals surface area contributed by atoms with Crippen molar-refractivity contribution in [1.29, 1.82) is 0 Å². The zero-order chi connectivity index (χ0) is 17.9. The molecular formula is C23H21N3. The third kappa shape index (κ3) is 3.29. The molecule has 128 valence electrons. The Morgan fingerprint density at radius 3 is 2.38 bits per heavy atom. The van der Waals surface area contributed by atoms with E-state index in [1.165, 1.54) is 11.1 Å². The predicted molar refractivity (Wildman–Crippen MR) is 108 cm³/mol. The van der Waals surface area contributed by atoms with Crippen LogP contribution in [0.25, 0.3) is 22.3 Å². The van der Waals surface area contributed by atoms with Crippen LogP contribution in [0.3, 0.4) is 0 Å². The molecule has 0 aliphatic carbocycles. The Labute approximate surface area is 154 Å². The van der Waals surface area contributed by atoms with E-state index in [9.17, 15) is 0 Å². The molecule has 0 radical (unpaired) electrons. The first kappa shape index (κ1) is 16.3. The van der Waals surface area contributed by atoms with Crippen molar-refractivity contribution in [1.82, 2.24) is 9.97 Å². The maximum Gasteiger partial charge on any atom is 0.162 e. The number of hydrogen-bond donors (Lipinski definition) is 0. The average Bonchev–Trinajstić information content (AvgIpc) is 2.68. The molecule has 0 saturated heterocycles. The lowest BCUT2D eigenvalue weighted by molar-refractivity contribution is 0.902. The summed E-state index contributed by atoms with van der Waals surface area (Å²) in [6.45, 7) is 2.89. The second kappa shape index (κ2) is 6.96. The van der Waals surface area contributed by atoms with E-state index >= 15 is 0 Å². The highest BCUT2D eigenvalue weighted by molar-refractivity contribution is 5.91. The van der Waals surface area contributed by atoms with Crippen LogP contribution in [-0.2, 0) is 6.54 Å². The molecule has 0 fully saturated rings. The van der Waals surface area contributed by atoms with Crippen molar-refractivity contribution in [2.45, 2.75) is 13.5 Å². The van der Waals surface area contributed by atoms with E-state index in [0.29, 0.717) is 0 Å². The normalized spacial score (nSPS) is 10.8. The summed E-state index contributed by atoms with van der Waals surface area (Å²) in [5, 5.41) is 1.07. The average molecular weight is 339 g/mol. The predicted octanol–water partition coefficient (Wildman–Crippen LogP) is 5.24. The summed E-state index contributed by atoms with van der Waals surface area (Å²) in [5.74, 6) is 1.72. The Morgan fingerprint density at radius 2 is 1.58 bits per heavy atom. The standard InChI is InChI=1S/C23H21N3/c1-17-9-8-12-19(15-17)22-24-21-14-7-6-13-20(21)23(25-22)26(2)16-18-10-4-3-5-11-18/h3-15H,16H2,1-2H3. The molecule has 26 heavy (non-hydrogen) atoms. The van der Waals surface area contributed by atoms with Crippen LogP contribution in [0.1, 0.15) is 11.1 Å². The molecule has 0 amide bonds. The molecular weight excluding hydrogens is 318 g/mol. The van der Waals surface area contributed by atoms with Gasteiger partial charge in [0.25, 0.3) is 0 Å². The van der Waals surface area contributed by atoms with Crippen LogP contribution in [0.2, 0.25) is 0 Å². The van der Waals surface area contributed by atoms with Crippen molar-refractivity contribution in [2.75, 3.05) is 11.9 Å². The van der Waals surface area contributed by atoms with Gasteiger partial charge in [0.05, 0.1) is 5.52 Å². The molecule has 0 N–H and O–H groups in total. The Morgan fingerprint density at radius 1 is 0.808 bits per heavy atom.